The van der Waals surface area contributed by atoms with Gasteiger partial charge in [0.15, 0.2) is 13.5 Å². The minimum atomic E-state index is -2.02. The van der Waals surface area contributed by atoms with Gasteiger partial charge in [0.2, 0.25) is 0 Å². The van der Waals surface area contributed by atoms with Crippen LogP contribution in [0.1, 0.15) is 27.7 Å². The van der Waals surface area contributed by atoms with Crippen molar-refractivity contribution < 1.29 is 28.5 Å². The van der Waals surface area contributed by atoms with Crippen molar-refractivity contribution in [1.82, 2.24) is 4.90 Å². The Hall–Kier alpha value is -1.17. The number of amidine groups is 1. The molecule has 0 spiro atoms. The first kappa shape index (κ1) is 27.1. The van der Waals surface area contributed by atoms with Crippen LogP contribution in [0.4, 0.5) is 4.79 Å². The third-order valence-corrected chi connectivity index (χ3v) is 11.8. The maximum absolute atomic E-state index is 11.6. The number of rotatable bonds is 10. The lowest BCUT2D eigenvalue weighted by molar-refractivity contribution is -0.191. The Kier molecular flexibility index (Phi) is 9.56. The number of carboxylic acid groups (broad SMARTS) is 1. The van der Waals surface area contributed by atoms with E-state index in [1.807, 2.05) is 0 Å². The number of thioether (sulfide) groups is 1. The second-order valence-electron chi connectivity index (χ2n) is 9.33. The summed E-state index contributed by atoms with van der Waals surface area (Å²) < 4.78 is 25.1. The molecule has 0 aromatic rings. The molecule has 1 amide bonds. The van der Waals surface area contributed by atoms with Crippen molar-refractivity contribution in [3.63, 3.8) is 0 Å². The number of hydrogen-bond acceptors (Lipinski definition) is 7. The van der Waals surface area contributed by atoms with Crippen LogP contribution in [0.3, 0.4) is 0 Å². The predicted octanol–water partition coefficient (Wildman–Crippen LogP) is 4.35. The van der Waals surface area contributed by atoms with Crippen LogP contribution < -0.4 is 0 Å². The SMILES string of the molecule is C=CCO[C@@H]1[C@H]2N=C(N(CC)C(=O)O)S[C@H]2O[C@H](CO[Si](C)(C)C(C)(C)C)[C@H]1OCC=C. The van der Waals surface area contributed by atoms with E-state index in [0.717, 1.165) is 0 Å². The number of nitrogens with zero attached hydrogens (tertiary/aromatic N) is 2. The molecule has 2 heterocycles. The zero-order valence-electron chi connectivity index (χ0n) is 20.1. The average molecular weight is 487 g/mol. The lowest BCUT2D eigenvalue weighted by atomic mass is 9.98. The summed E-state index contributed by atoms with van der Waals surface area (Å²) in [6.45, 7) is 21.6. The number of ether oxygens (including phenoxy) is 3. The minimum Gasteiger partial charge on any atom is -0.465 e. The third-order valence-electron chi connectivity index (χ3n) is 6.10. The monoisotopic (exact) mass is 486 g/mol. The van der Waals surface area contributed by atoms with Crippen molar-refractivity contribution in [2.24, 2.45) is 4.99 Å². The van der Waals surface area contributed by atoms with Crippen LogP contribution >= 0.6 is 11.8 Å². The van der Waals surface area contributed by atoms with E-state index in [-0.39, 0.29) is 16.6 Å². The van der Waals surface area contributed by atoms with Crippen molar-refractivity contribution in [3.05, 3.63) is 25.3 Å². The number of carbonyl (C=O) groups is 1. The fraction of sp³-hybridized carbons (Fsp3) is 0.727. The molecule has 1 saturated heterocycles. The molecular weight excluding hydrogens is 448 g/mol. The van der Waals surface area contributed by atoms with Gasteiger partial charge in [-0.05, 0) is 25.1 Å². The van der Waals surface area contributed by atoms with Crippen LogP contribution in [0.5, 0.6) is 0 Å². The van der Waals surface area contributed by atoms with Gasteiger partial charge < -0.3 is 23.7 Å². The molecular formula is C22H38N2O6SSi. The van der Waals surface area contributed by atoms with Gasteiger partial charge in [0.05, 0.1) is 19.8 Å². The van der Waals surface area contributed by atoms with Crippen LogP contribution in [0.15, 0.2) is 30.3 Å². The first-order chi connectivity index (χ1) is 15.0. The summed E-state index contributed by atoms with van der Waals surface area (Å²) in [6, 6.07) is -0.401. The van der Waals surface area contributed by atoms with E-state index in [0.29, 0.717) is 31.5 Å². The first-order valence-corrected chi connectivity index (χ1v) is 14.7. The Balaban J connectivity index is 2.32. The van der Waals surface area contributed by atoms with Gasteiger partial charge in [-0.25, -0.2) is 4.79 Å². The van der Waals surface area contributed by atoms with Gasteiger partial charge in [-0.15, -0.1) is 13.2 Å². The Labute approximate surface area is 197 Å². The van der Waals surface area contributed by atoms with Gasteiger partial charge >= 0.3 is 6.09 Å². The molecule has 8 nitrogen and oxygen atoms in total. The molecule has 2 aliphatic heterocycles. The molecule has 0 bridgehead atoms. The maximum Gasteiger partial charge on any atom is 0.413 e. The lowest BCUT2D eigenvalue weighted by Gasteiger charge is -2.44. The molecule has 32 heavy (non-hydrogen) atoms. The molecule has 2 rings (SSSR count). The molecule has 1 N–H and O–H groups in total. The van der Waals surface area contributed by atoms with Crippen LogP contribution in [0.25, 0.3) is 0 Å². The van der Waals surface area contributed by atoms with Crippen LogP contribution in [0, 0.1) is 0 Å². The fourth-order valence-corrected chi connectivity index (χ4v) is 5.56. The molecule has 182 valence electrons. The van der Waals surface area contributed by atoms with Crippen LogP contribution in [0.2, 0.25) is 18.1 Å². The quantitative estimate of drug-likeness (QED) is 0.363. The Morgan fingerprint density at radius 1 is 1.25 bits per heavy atom. The largest absolute Gasteiger partial charge is 0.465 e. The zero-order chi connectivity index (χ0) is 24.1. The first-order valence-electron chi connectivity index (χ1n) is 11.0. The summed E-state index contributed by atoms with van der Waals surface area (Å²) in [5.41, 5.74) is -0.384. The Morgan fingerprint density at radius 2 is 1.84 bits per heavy atom. The van der Waals surface area contributed by atoms with Crippen molar-refractivity contribution in [2.75, 3.05) is 26.4 Å². The standard InChI is InChI=1S/C22H38N2O6SSi/c1-9-12-27-17-15(14-29-32(7,8)22(4,5)6)30-19-16(18(17)28-13-10-2)23-20(31-19)24(11-3)21(25)26/h9-10,15-19H,1-2,11-14H2,3-8H3,(H,25,26)/t15-,16-,17-,18-,19-/m1/s1. The van der Waals surface area contributed by atoms with Crippen molar-refractivity contribution in [3.8, 4) is 0 Å². The van der Waals surface area contributed by atoms with Crippen molar-refractivity contribution in [1.29, 1.82) is 0 Å². The highest BCUT2D eigenvalue weighted by atomic mass is 32.2. The molecule has 0 aromatic carbocycles. The van der Waals surface area contributed by atoms with Gasteiger partial charge in [-0.2, -0.15) is 0 Å². The van der Waals surface area contributed by atoms with E-state index in [4.69, 9.17) is 18.6 Å². The molecule has 2 aliphatic rings. The van der Waals surface area contributed by atoms with E-state index in [9.17, 15) is 9.90 Å². The molecule has 0 unspecified atom stereocenters. The van der Waals surface area contributed by atoms with E-state index in [1.54, 1.807) is 19.1 Å². The lowest BCUT2D eigenvalue weighted by Crippen LogP contribution is -2.59. The van der Waals surface area contributed by atoms with Gasteiger partial charge in [-0.3, -0.25) is 9.89 Å². The summed E-state index contributed by atoms with van der Waals surface area (Å²) >= 11 is 1.31. The molecule has 0 radical (unpaired) electrons. The fourth-order valence-electron chi connectivity index (χ4n) is 3.27. The van der Waals surface area contributed by atoms with Gasteiger partial charge in [-0.1, -0.05) is 44.7 Å². The topological polar surface area (TPSA) is 89.8 Å². The number of amides is 1. The Bertz CT molecular complexity index is 711. The average Bonchev–Trinajstić information content (AvgIpc) is 3.11. The van der Waals surface area contributed by atoms with Gasteiger partial charge in [0.25, 0.3) is 0 Å². The van der Waals surface area contributed by atoms with E-state index in [1.165, 1.54) is 16.7 Å². The number of hydrogen-bond donors (Lipinski definition) is 1. The minimum absolute atomic E-state index is 0.0575. The van der Waals surface area contributed by atoms with Crippen molar-refractivity contribution in [2.45, 2.75) is 75.6 Å². The second-order valence-corrected chi connectivity index (χ2v) is 15.2. The highest BCUT2D eigenvalue weighted by Gasteiger charge is 2.52. The zero-order valence-corrected chi connectivity index (χ0v) is 21.9. The number of fused-ring (bicyclic) bond motifs is 1. The summed E-state index contributed by atoms with van der Waals surface area (Å²) in [7, 11) is -2.02. The van der Waals surface area contributed by atoms with Crippen LogP contribution in [-0.2, 0) is 18.6 Å². The molecule has 0 saturated carbocycles. The summed E-state index contributed by atoms with van der Waals surface area (Å²) in [6.07, 6.45) is 1.06. The second kappa shape index (κ2) is 11.3. The van der Waals surface area contributed by atoms with Gasteiger partial charge in [0, 0.05) is 6.54 Å². The molecule has 5 atom stereocenters. The third kappa shape index (κ3) is 6.24. The van der Waals surface area contributed by atoms with E-state index in [2.05, 4.69) is 52.0 Å². The molecule has 0 aromatic heterocycles. The summed E-state index contributed by atoms with van der Waals surface area (Å²) in [5.74, 6) is 0. The van der Waals surface area contributed by atoms with Gasteiger partial charge in [0.1, 0.15) is 29.8 Å². The van der Waals surface area contributed by atoms with E-state index < -0.39 is 32.7 Å². The molecule has 10 heteroatoms. The highest BCUT2D eigenvalue weighted by molar-refractivity contribution is 8.14. The number of aliphatic imine (C=N–C) groups is 1. The smallest absolute Gasteiger partial charge is 0.413 e. The molecule has 0 aliphatic carbocycles. The van der Waals surface area contributed by atoms with Crippen molar-refractivity contribution >= 4 is 31.3 Å². The van der Waals surface area contributed by atoms with Crippen LogP contribution in [-0.4, -0.2) is 85.7 Å². The molecule has 1 fully saturated rings. The normalized spacial score (nSPS) is 28.1. The highest BCUT2D eigenvalue weighted by Crippen LogP contribution is 2.41. The predicted molar refractivity (Wildman–Crippen MR) is 131 cm³/mol. The maximum atomic E-state index is 11.6. The summed E-state index contributed by atoms with van der Waals surface area (Å²) in [4.78, 5) is 17.5. The Morgan fingerprint density at radius 3 is 2.34 bits per heavy atom. The van der Waals surface area contributed by atoms with E-state index >= 15 is 0 Å². The summed E-state index contributed by atoms with van der Waals surface area (Å²) in [5, 5.41) is 10.0.